The van der Waals surface area contributed by atoms with Crippen molar-refractivity contribution in [1.29, 1.82) is 0 Å². The third-order valence-corrected chi connectivity index (χ3v) is 5.89. The molecule has 0 spiro atoms. The maximum absolute atomic E-state index is 13.2. The van der Waals surface area contributed by atoms with Gasteiger partial charge in [0.2, 0.25) is 11.9 Å². The number of benzene rings is 2. The summed E-state index contributed by atoms with van der Waals surface area (Å²) in [6, 6.07) is 19.9. The molecule has 1 aliphatic rings. The molecule has 1 aromatic heterocycles. The number of piperazine rings is 1. The van der Waals surface area contributed by atoms with Crippen LogP contribution in [-0.4, -0.2) is 53.6 Å². The van der Waals surface area contributed by atoms with E-state index in [-0.39, 0.29) is 11.8 Å². The van der Waals surface area contributed by atoms with Gasteiger partial charge >= 0.3 is 0 Å². The lowest BCUT2D eigenvalue weighted by atomic mass is 9.95. The first-order valence-corrected chi connectivity index (χ1v) is 11.3. The first-order valence-electron chi connectivity index (χ1n) is 11.3. The van der Waals surface area contributed by atoms with Crippen molar-refractivity contribution >= 4 is 11.9 Å². The van der Waals surface area contributed by atoms with Gasteiger partial charge in [-0.15, -0.1) is 0 Å². The summed E-state index contributed by atoms with van der Waals surface area (Å²) in [4.78, 5) is 26.6. The van der Waals surface area contributed by atoms with Crippen molar-refractivity contribution < 1.29 is 9.53 Å². The van der Waals surface area contributed by atoms with Crippen LogP contribution in [-0.2, 0) is 4.79 Å². The molecule has 166 valence electrons. The molecule has 0 radical (unpaired) electrons. The molecule has 1 saturated heterocycles. The number of hydrogen-bond donors (Lipinski definition) is 0. The molecule has 1 unspecified atom stereocenters. The predicted molar refractivity (Wildman–Crippen MR) is 127 cm³/mol. The third-order valence-electron chi connectivity index (χ3n) is 5.89. The standard InChI is InChI=1S/C26H30N4O2/c1-3-23(20-8-6-5-7-9-20)25(31)29-16-18-30(19-17-29)26-27-15-14-24(28-26)21-10-12-22(13-11-21)32-4-2/h5-15,23H,3-4,16-19H2,1-2H3. The Labute approximate surface area is 189 Å². The number of hydrogen-bond acceptors (Lipinski definition) is 5. The molecule has 2 heterocycles. The number of nitrogens with zero attached hydrogens (tertiary/aromatic N) is 4. The van der Waals surface area contributed by atoms with Gasteiger partial charge in [-0.25, -0.2) is 9.97 Å². The Kier molecular flexibility index (Phi) is 7.00. The van der Waals surface area contributed by atoms with Gasteiger partial charge in [0.1, 0.15) is 5.75 Å². The molecule has 1 amide bonds. The minimum atomic E-state index is -0.0815. The maximum Gasteiger partial charge on any atom is 0.230 e. The van der Waals surface area contributed by atoms with Crippen molar-refractivity contribution in [2.75, 3.05) is 37.7 Å². The maximum atomic E-state index is 13.2. The minimum absolute atomic E-state index is 0.0815. The zero-order valence-corrected chi connectivity index (χ0v) is 18.8. The van der Waals surface area contributed by atoms with E-state index in [4.69, 9.17) is 9.72 Å². The Hall–Kier alpha value is -3.41. The first-order chi connectivity index (χ1) is 15.7. The van der Waals surface area contributed by atoms with E-state index in [1.807, 2.05) is 72.5 Å². The lowest BCUT2D eigenvalue weighted by Gasteiger charge is -2.36. The monoisotopic (exact) mass is 430 g/mol. The molecule has 6 nitrogen and oxygen atoms in total. The zero-order chi connectivity index (χ0) is 22.3. The Morgan fingerprint density at radius 1 is 0.969 bits per heavy atom. The van der Waals surface area contributed by atoms with E-state index >= 15 is 0 Å². The van der Waals surface area contributed by atoms with Gasteiger partial charge in [-0.05, 0) is 49.2 Å². The highest BCUT2D eigenvalue weighted by molar-refractivity contribution is 5.84. The summed E-state index contributed by atoms with van der Waals surface area (Å²) in [5, 5.41) is 0. The van der Waals surface area contributed by atoms with Gasteiger partial charge in [0, 0.05) is 37.9 Å². The van der Waals surface area contributed by atoms with Gasteiger partial charge in [-0.1, -0.05) is 37.3 Å². The van der Waals surface area contributed by atoms with Crippen LogP contribution in [0.2, 0.25) is 0 Å². The van der Waals surface area contributed by atoms with E-state index in [1.165, 1.54) is 0 Å². The smallest absolute Gasteiger partial charge is 0.230 e. The highest BCUT2D eigenvalue weighted by Crippen LogP contribution is 2.25. The van der Waals surface area contributed by atoms with Crippen molar-refractivity contribution in [1.82, 2.24) is 14.9 Å². The van der Waals surface area contributed by atoms with Gasteiger partial charge in [0.25, 0.3) is 0 Å². The second-order valence-corrected chi connectivity index (χ2v) is 7.88. The van der Waals surface area contributed by atoms with Crippen LogP contribution >= 0.6 is 0 Å². The average Bonchev–Trinajstić information content (AvgIpc) is 2.86. The topological polar surface area (TPSA) is 58.6 Å². The Morgan fingerprint density at radius 3 is 2.34 bits per heavy atom. The van der Waals surface area contributed by atoms with Crippen molar-refractivity contribution in [2.45, 2.75) is 26.2 Å². The second kappa shape index (κ2) is 10.3. The highest BCUT2D eigenvalue weighted by Gasteiger charge is 2.28. The fraction of sp³-hybridized carbons (Fsp3) is 0.346. The number of aromatic nitrogens is 2. The molecule has 6 heteroatoms. The molecule has 0 saturated carbocycles. The molecule has 4 rings (SSSR count). The molecular formula is C26H30N4O2. The number of carbonyl (C=O) groups excluding carboxylic acids is 1. The van der Waals surface area contributed by atoms with Gasteiger partial charge in [-0.2, -0.15) is 0 Å². The molecule has 2 aromatic carbocycles. The SMILES string of the molecule is CCOc1ccc(-c2ccnc(N3CCN(C(=O)C(CC)c4ccccc4)CC3)n2)cc1. The molecule has 3 aromatic rings. The average molecular weight is 431 g/mol. The molecule has 0 bridgehead atoms. The lowest BCUT2D eigenvalue weighted by Crippen LogP contribution is -2.50. The number of ether oxygens (including phenoxy) is 1. The minimum Gasteiger partial charge on any atom is -0.494 e. The number of carbonyl (C=O) groups is 1. The van der Waals surface area contributed by atoms with Crippen LogP contribution in [0.15, 0.2) is 66.9 Å². The molecule has 32 heavy (non-hydrogen) atoms. The number of amides is 1. The van der Waals surface area contributed by atoms with Crippen LogP contribution in [0.3, 0.4) is 0 Å². The predicted octanol–water partition coefficient (Wildman–Crippen LogP) is 4.38. The largest absolute Gasteiger partial charge is 0.494 e. The third kappa shape index (κ3) is 4.90. The Morgan fingerprint density at radius 2 is 1.69 bits per heavy atom. The number of anilines is 1. The molecular weight excluding hydrogens is 400 g/mol. The van der Waals surface area contributed by atoms with Crippen molar-refractivity contribution in [3.8, 4) is 17.0 Å². The molecule has 0 N–H and O–H groups in total. The van der Waals surface area contributed by atoms with Crippen molar-refractivity contribution in [3.63, 3.8) is 0 Å². The summed E-state index contributed by atoms with van der Waals surface area (Å²) in [6.45, 7) is 7.51. The fourth-order valence-corrected chi connectivity index (χ4v) is 4.14. The van der Waals surface area contributed by atoms with Crippen LogP contribution in [0, 0.1) is 0 Å². The quantitative estimate of drug-likeness (QED) is 0.557. The van der Waals surface area contributed by atoms with Gasteiger partial charge in [0.05, 0.1) is 18.2 Å². The second-order valence-electron chi connectivity index (χ2n) is 7.88. The first kappa shape index (κ1) is 21.8. The summed E-state index contributed by atoms with van der Waals surface area (Å²) in [7, 11) is 0. The molecule has 1 aliphatic heterocycles. The van der Waals surface area contributed by atoms with E-state index < -0.39 is 0 Å². The normalized spacial score (nSPS) is 14.8. The Balaban J connectivity index is 1.41. The summed E-state index contributed by atoms with van der Waals surface area (Å²) >= 11 is 0. The summed E-state index contributed by atoms with van der Waals surface area (Å²) in [5.41, 5.74) is 3.00. The summed E-state index contributed by atoms with van der Waals surface area (Å²) in [6.07, 6.45) is 2.60. The van der Waals surface area contributed by atoms with Crippen LogP contribution in [0.5, 0.6) is 5.75 Å². The van der Waals surface area contributed by atoms with Crippen LogP contribution in [0.1, 0.15) is 31.7 Å². The van der Waals surface area contributed by atoms with Crippen LogP contribution in [0.25, 0.3) is 11.3 Å². The molecule has 0 aliphatic carbocycles. The van der Waals surface area contributed by atoms with Crippen molar-refractivity contribution in [3.05, 3.63) is 72.4 Å². The van der Waals surface area contributed by atoms with Gasteiger partial charge < -0.3 is 14.5 Å². The summed E-state index contributed by atoms with van der Waals surface area (Å²) in [5.74, 6) is 1.69. The highest BCUT2D eigenvalue weighted by atomic mass is 16.5. The fourth-order valence-electron chi connectivity index (χ4n) is 4.14. The van der Waals surface area contributed by atoms with E-state index in [0.29, 0.717) is 25.6 Å². The van der Waals surface area contributed by atoms with E-state index in [9.17, 15) is 4.79 Å². The van der Waals surface area contributed by atoms with Gasteiger partial charge in [-0.3, -0.25) is 4.79 Å². The lowest BCUT2D eigenvalue weighted by molar-refractivity contribution is -0.133. The van der Waals surface area contributed by atoms with Crippen LogP contribution in [0.4, 0.5) is 5.95 Å². The van der Waals surface area contributed by atoms with E-state index in [0.717, 1.165) is 42.1 Å². The molecule has 1 atom stereocenters. The van der Waals surface area contributed by atoms with E-state index in [1.54, 1.807) is 6.20 Å². The van der Waals surface area contributed by atoms with E-state index in [2.05, 4.69) is 16.8 Å². The molecule has 1 fully saturated rings. The van der Waals surface area contributed by atoms with Gasteiger partial charge in [0.15, 0.2) is 0 Å². The number of rotatable bonds is 7. The van der Waals surface area contributed by atoms with Crippen molar-refractivity contribution in [2.24, 2.45) is 0 Å². The Bertz CT molecular complexity index is 1020. The van der Waals surface area contributed by atoms with Crippen LogP contribution < -0.4 is 9.64 Å². The summed E-state index contributed by atoms with van der Waals surface area (Å²) < 4.78 is 5.52. The zero-order valence-electron chi connectivity index (χ0n) is 18.8.